The molecule has 0 saturated carbocycles. The Morgan fingerprint density at radius 1 is 1.35 bits per heavy atom. The summed E-state index contributed by atoms with van der Waals surface area (Å²) < 4.78 is 0. The molecule has 0 radical (unpaired) electrons. The van der Waals surface area contributed by atoms with Crippen LogP contribution in [0.3, 0.4) is 0 Å². The zero-order valence-corrected chi connectivity index (χ0v) is 10.6. The SMILES string of the molecule is CN(C)C(=O)N1CCC(Cc2ccccc2)C1. The summed E-state index contributed by atoms with van der Waals surface area (Å²) in [5.74, 6) is 0.612. The Morgan fingerprint density at radius 2 is 2.06 bits per heavy atom. The molecule has 17 heavy (non-hydrogen) atoms. The lowest BCUT2D eigenvalue weighted by molar-refractivity contribution is 0.180. The molecule has 2 amide bonds. The summed E-state index contributed by atoms with van der Waals surface area (Å²) in [6.45, 7) is 1.79. The lowest BCUT2D eigenvalue weighted by atomic mass is 9.99. The number of likely N-dealkylation sites (tertiary alicyclic amines) is 1. The van der Waals surface area contributed by atoms with E-state index in [2.05, 4.69) is 24.3 Å². The molecule has 3 nitrogen and oxygen atoms in total. The largest absolute Gasteiger partial charge is 0.331 e. The summed E-state index contributed by atoms with van der Waals surface area (Å²) in [4.78, 5) is 15.4. The molecule has 1 atom stereocenters. The topological polar surface area (TPSA) is 23.6 Å². The molecule has 92 valence electrons. The predicted molar refractivity (Wildman–Crippen MR) is 68.9 cm³/mol. The minimum absolute atomic E-state index is 0.139. The van der Waals surface area contributed by atoms with E-state index >= 15 is 0 Å². The van der Waals surface area contributed by atoms with Crippen molar-refractivity contribution in [3.63, 3.8) is 0 Å². The quantitative estimate of drug-likeness (QED) is 0.767. The third-order valence-electron chi connectivity index (χ3n) is 3.31. The van der Waals surface area contributed by atoms with Gasteiger partial charge in [-0.2, -0.15) is 0 Å². The van der Waals surface area contributed by atoms with Crippen LogP contribution in [0.2, 0.25) is 0 Å². The number of urea groups is 1. The Kier molecular flexibility index (Phi) is 3.67. The Hall–Kier alpha value is -1.51. The highest BCUT2D eigenvalue weighted by atomic mass is 16.2. The zero-order chi connectivity index (χ0) is 12.3. The van der Waals surface area contributed by atoms with Gasteiger partial charge in [0, 0.05) is 27.2 Å². The Balaban J connectivity index is 1.88. The number of rotatable bonds is 2. The Labute approximate surface area is 103 Å². The van der Waals surface area contributed by atoms with Gasteiger partial charge in [-0.25, -0.2) is 4.79 Å². The molecule has 1 unspecified atom stereocenters. The summed E-state index contributed by atoms with van der Waals surface area (Å²) in [6.07, 6.45) is 2.20. The standard InChI is InChI=1S/C14H20N2O/c1-15(2)14(17)16-9-8-13(11-16)10-12-6-4-3-5-7-12/h3-7,13H,8-11H2,1-2H3. The minimum Gasteiger partial charge on any atom is -0.331 e. The fourth-order valence-electron chi connectivity index (χ4n) is 2.40. The number of nitrogens with zero attached hydrogens (tertiary/aromatic N) is 2. The molecule has 2 rings (SSSR count). The normalized spacial score (nSPS) is 19.4. The van der Waals surface area contributed by atoms with Crippen molar-refractivity contribution in [2.45, 2.75) is 12.8 Å². The highest BCUT2D eigenvalue weighted by Gasteiger charge is 2.26. The molecule has 1 aromatic carbocycles. The number of hydrogen-bond donors (Lipinski definition) is 0. The van der Waals surface area contributed by atoms with Crippen molar-refractivity contribution in [1.29, 1.82) is 0 Å². The number of benzene rings is 1. The third kappa shape index (κ3) is 2.99. The molecule has 1 aliphatic rings. The fraction of sp³-hybridized carbons (Fsp3) is 0.500. The van der Waals surface area contributed by atoms with Gasteiger partial charge in [-0.1, -0.05) is 30.3 Å². The molecule has 1 heterocycles. The number of amides is 2. The van der Waals surface area contributed by atoms with Gasteiger partial charge in [-0.05, 0) is 24.3 Å². The van der Waals surface area contributed by atoms with E-state index in [4.69, 9.17) is 0 Å². The van der Waals surface area contributed by atoms with Gasteiger partial charge in [0.25, 0.3) is 0 Å². The van der Waals surface area contributed by atoms with Gasteiger partial charge in [0.1, 0.15) is 0 Å². The average molecular weight is 232 g/mol. The van der Waals surface area contributed by atoms with Gasteiger partial charge in [0.2, 0.25) is 0 Å². The number of carbonyl (C=O) groups excluding carboxylic acids is 1. The van der Waals surface area contributed by atoms with E-state index in [0.717, 1.165) is 25.9 Å². The first-order valence-corrected chi connectivity index (χ1v) is 6.17. The molecular weight excluding hydrogens is 212 g/mol. The lowest BCUT2D eigenvalue weighted by Gasteiger charge is -2.21. The van der Waals surface area contributed by atoms with Crippen molar-refractivity contribution < 1.29 is 4.79 Å². The van der Waals surface area contributed by atoms with E-state index < -0.39 is 0 Å². The van der Waals surface area contributed by atoms with Crippen molar-refractivity contribution in [2.75, 3.05) is 27.2 Å². The van der Waals surface area contributed by atoms with Crippen molar-refractivity contribution in [2.24, 2.45) is 5.92 Å². The van der Waals surface area contributed by atoms with Crippen molar-refractivity contribution in [1.82, 2.24) is 9.80 Å². The van der Waals surface area contributed by atoms with Crippen LogP contribution in [-0.4, -0.2) is 43.0 Å². The van der Waals surface area contributed by atoms with Crippen molar-refractivity contribution >= 4 is 6.03 Å². The second kappa shape index (κ2) is 5.21. The van der Waals surface area contributed by atoms with Gasteiger partial charge in [0.15, 0.2) is 0 Å². The molecule has 0 aliphatic carbocycles. The predicted octanol–water partition coefficient (Wildman–Crippen LogP) is 2.23. The molecule has 0 N–H and O–H groups in total. The smallest absolute Gasteiger partial charge is 0.319 e. The first-order chi connectivity index (χ1) is 8.16. The van der Waals surface area contributed by atoms with Crippen LogP contribution in [0.1, 0.15) is 12.0 Å². The van der Waals surface area contributed by atoms with Crippen LogP contribution in [0.15, 0.2) is 30.3 Å². The van der Waals surface area contributed by atoms with Crippen LogP contribution < -0.4 is 0 Å². The maximum Gasteiger partial charge on any atom is 0.319 e. The Morgan fingerprint density at radius 3 is 2.71 bits per heavy atom. The van der Waals surface area contributed by atoms with Crippen LogP contribution in [0.5, 0.6) is 0 Å². The second-order valence-corrected chi connectivity index (χ2v) is 4.97. The zero-order valence-electron chi connectivity index (χ0n) is 10.6. The summed E-state index contributed by atoms with van der Waals surface area (Å²) >= 11 is 0. The number of carbonyl (C=O) groups is 1. The monoisotopic (exact) mass is 232 g/mol. The molecule has 3 heteroatoms. The molecule has 0 bridgehead atoms. The van der Waals surface area contributed by atoms with E-state index in [0.29, 0.717) is 5.92 Å². The highest BCUT2D eigenvalue weighted by molar-refractivity contribution is 5.74. The maximum atomic E-state index is 11.8. The summed E-state index contributed by atoms with van der Waals surface area (Å²) in [6, 6.07) is 10.7. The third-order valence-corrected chi connectivity index (χ3v) is 3.31. The molecular formula is C14H20N2O. The van der Waals surface area contributed by atoms with Gasteiger partial charge in [-0.15, -0.1) is 0 Å². The van der Waals surface area contributed by atoms with Crippen LogP contribution >= 0.6 is 0 Å². The molecule has 1 aliphatic heterocycles. The lowest BCUT2D eigenvalue weighted by Crippen LogP contribution is -2.37. The van der Waals surface area contributed by atoms with Gasteiger partial charge >= 0.3 is 6.03 Å². The molecule has 1 fully saturated rings. The molecule has 0 aromatic heterocycles. The van der Waals surface area contributed by atoms with E-state index in [-0.39, 0.29) is 6.03 Å². The number of hydrogen-bond acceptors (Lipinski definition) is 1. The van der Waals surface area contributed by atoms with Crippen LogP contribution in [0.4, 0.5) is 4.79 Å². The first kappa shape index (κ1) is 12.0. The van der Waals surface area contributed by atoms with Gasteiger partial charge < -0.3 is 9.80 Å². The van der Waals surface area contributed by atoms with Gasteiger partial charge in [-0.3, -0.25) is 0 Å². The van der Waals surface area contributed by atoms with E-state index in [9.17, 15) is 4.79 Å². The second-order valence-electron chi connectivity index (χ2n) is 4.97. The van der Waals surface area contributed by atoms with Crippen molar-refractivity contribution in [3.8, 4) is 0 Å². The fourth-order valence-corrected chi connectivity index (χ4v) is 2.40. The van der Waals surface area contributed by atoms with Crippen LogP contribution in [0, 0.1) is 5.92 Å². The van der Waals surface area contributed by atoms with E-state index in [1.165, 1.54) is 5.56 Å². The van der Waals surface area contributed by atoms with Crippen LogP contribution in [-0.2, 0) is 6.42 Å². The first-order valence-electron chi connectivity index (χ1n) is 6.17. The summed E-state index contributed by atoms with van der Waals surface area (Å²) in [5, 5.41) is 0. The minimum atomic E-state index is 0.139. The van der Waals surface area contributed by atoms with E-state index in [1.807, 2.05) is 25.1 Å². The highest BCUT2D eigenvalue weighted by Crippen LogP contribution is 2.21. The van der Waals surface area contributed by atoms with Crippen molar-refractivity contribution in [3.05, 3.63) is 35.9 Å². The van der Waals surface area contributed by atoms with Gasteiger partial charge in [0.05, 0.1) is 0 Å². The summed E-state index contributed by atoms with van der Waals surface area (Å²) in [7, 11) is 3.62. The van der Waals surface area contributed by atoms with E-state index in [1.54, 1.807) is 4.90 Å². The van der Waals surface area contributed by atoms with Crippen LogP contribution in [0.25, 0.3) is 0 Å². The molecule has 1 saturated heterocycles. The summed E-state index contributed by atoms with van der Waals surface area (Å²) in [5.41, 5.74) is 1.37. The molecule has 0 spiro atoms. The Bertz CT molecular complexity index is 375. The molecule has 1 aromatic rings. The maximum absolute atomic E-state index is 11.8. The average Bonchev–Trinajstić information content (AvgIpc) is 2.77.